The molecule has 0 amide bonds. The summed E-state index contributed by atoms with van der Waals surface area (Å²) in [6.45, 7) is 4.81. The van der Waals surface area contributed by atoms with Crippen molar-refractivity contribution < 1.29 is 9.13 Å². The molecule has 2 aliphatic rings. The lowest BCUT2D eigenvalue weighted by Gasteiger charge is -2.42. The normalized spacial score (nSPS) is 25.6. The van der Waals surface area contributed by atoms with Crippen molar-refractivity contribution >= 4 is 5.95 Å². The summed E-state index contributed by atoms with van der Waals surface area (Å²) in [5.41, 5.74) is 0.825. The molecule has 3 atom stereocenters. The second-order valence-electron chi connectivity index (χ2n) is 6.85. The van der Waals surface area contributed by atoms with E-state index < -0.39 is 5.82 Å². The lowest BCUT2D eigenvalue weighted by molar-refractivity contribution is 0.179. The fourth-order valence-corrected chi connectivity index (χ4v) is 3.97. The third kappa shape index (κ3) is 3.23. The van der Waals surface area contributed by atoms with Gasteiger partial charge in [-0.25, -0.2) is 14.4 Å². The lowest BCUT2D eigenvalue weighted by atomic mass is 10.0. The van der Waals surface area contributed by atoms with E-state index in [-0.39, 0.29) is 12.1 Å². The molecule has 1 aromatic heterocycles. The third-order valence-electron chi connectivity index (χ3n) is 5.26. The summed E-state index contributed by atoms with van der Waals surface area (Å²) in [5, 5.41) is 0. The van der Waals surface area contributed by atoms with Crippen molar-refractivity contribution in [3.05, 3.63) is 48.0 Å². The van der Waals surface area contributed by atoms with Gasteiger partial charge in [0.05, 0.1) is 12.4 Å². The first kappa shape index (κ1) is 16.8. The third-order valence-corrected chi connectivity index (χ3v) is 5.26. The second kappa shape index (κ2) is 6.93. The largest absolute Gasteiger partial charge is 0.489 e. The average Bonchev–Trinajstić information content (AvgIpc) is 3.07. The van der Waals surface area contributed by atoms with Gasteiger partial charge in [-0.15, -0.1) is 6.42 Å². The molecular weight excluding hydrogens is 331 g/mol. The predicted molar refractivity (Wildman–Crippen MR) is 97.6 cm³/mol. The predicted octanol–water partition coefficient (Wildman–Crippen LogP) is 2.33. The minimum absolute atomic E-state index is 0.129. The molecule has 2 aromatic rings. The molecule has 2 fully saturated rings. The van der Waals surface area contributed by atoms with Crippen LogP contribution in [0.4, 0.5) is 10.3 Å². The summed E-state index contributed by atoms with van der Waals surface area (Å²) in [7, 11) is 0. The van der Waals surface area contributed by atoms with Gasteiger partial charge in [0.1, 0.15) is 11.9 Å². The van der Waals surface area contributed by atoms with Crippen LogP contribution >= 0.6 is 0 Å². The van der Waals surface area contributed by atoms with E-state index in [0.717, 1.165) is 37.4 Å². The zero-order valence-corrected chi connectivity index (χ0v) is 14.7. The molecule has 2 aliphatic heterocycles. The van der Waals surface area contributed by atoms with Crippen LogP contribution in [0, 0.1) is 18.2 Å². The van der Waals surface area contributed by atoms with Gasteiger partial charge in [0.15, 0.2) is 5.82 Å². The Morgan fingerprint density at radius 3 is 2.85 bits per heavy atom. The van der Waals surface area contributed by atoms with Gasteiger partial charge < -0.3 is 9.64 Å². The Balaban J connectivity index is 1.45. The van der Waals surface area contributed by atoms with E-state index in [1.54, 1.807) is 0 Å². The molecule has 4 rings (SSSR count). The Morgan fingerprint density at radius 2 is 2.08 bits per heavy atom. The van der Waals surface area contributed by atoms with Gasteiger partial charge in [0.2, 0.25) is 5.95 Å². The maximum atomic E-state index is 13.1. The number of hydrogen-bond acceptors (Lipinski definition) is 5. The van der Waals surface area contributed by atoms with Gasteiger partial charge in [-0.3, -0.25) is 4.90 Å². The molecule has 0 bridgehead atoms. The molecule has 0 N–H and O–H groups in total. The van der Waals surface area contributed by atoms with Crippen LogP contribution in [0.25, 0.3) is 0 Å². The minimum atomic E-state index is -0.413. The van der Waals surface area contributed by atoms with Gasteiger partial charge in [0, 0.05) is 43.7 Å². The van der Waals surface area contributed by atoms with Gasteiger partial charge in [-0.1, -0.05) is 12.0 Å². The monoisotopic (exact) mass is 352 g/mol. The first-order valence-corrected chi connectivity index (χ1v) is 8.85. The van der Waals surface area contributed by atoms with E-state index in [2.05, 4.69) is 32.6 Å². The summed E-state index contributed by atoms with van der Waals surface area (Å²) in [6, 6.07) is 8.26. The standard InChI is InChI=1S/C20H21FN4O/c1-3-15-5-4-6-17(9-15)26-18-10-19-14(2)25(8-7-24(19)13-18)20-22-11-16(21)12-23-20/h1,4-6,9,11-12,14,18-19H,7-8,10,13H2,2H3/t14?,18-,19-/m0/s1. The van der Waals surface area contributed by atoms with Crippen molar-refractivity contribution in [1.82, 2.24) is 14.9 Å². The molecule has 0 aliphatic carbocycles. The van der Waals surface area contributed by atoms with Crippen molar-refractivity contribution in [2.24, 2.45) is 0 Å². The number of terminal acetylenes is 1. The van der Waals surface area contributed by atoms with Crippen LogP contribution in [0.1, 0.15) is 18.9 Å². The molecule has 1 aromatic carbocycles. The summed E-state index contributed by atoms with van der Waals surface area (Å²) in [6.07, 6.45) is 8.97. The molecule has 2 saturated heterocycles. The fraction of sp³-hybridized carbons (Fsp3) is 0.400. The van der Waals surface area contributed by atoms with Crippen LogP contribution in [0.3, 0.4) is 0 Å². The highest BCUT2D eigenvalue weighted by molar-refractivity contribution is 5.38. The number of nitrogens with zero attached hydrogens (tertiary/aromatic N) is 4. The van der Waals surface area contributed by atoms with Gasteiger partial charge >= 0.3 is 0 Å². The number of fused-ring (bicyclic) bond motifs is 1. The Kier molecular flexibility index (Phi) is 4.48. The molecule has 0 saturated carbocycles. The smallest absolute Gasteiger partial charge is 0.225 e. The van der Waals surface area contributed by atoms with Crippen molar-refractivity contribution in [2.75, 3.05) is 24.5 Å². The number of rotatable bonds is 3. The Morgan fingerprint density at radius 1 is 1.27 bits per heavy atom. The molecule has 134 valence electrons. The van der Waals surface area contributed by atoms with Crippen LogP contribution in [0.15, 0.2) is 36.7 Å². The number of benzene rings is 1. The Bertz CT molecular complexity index is 819. The van der Waals surface area contributed by atoms with Crippen molar-refractivity contribution in [1.29, 1.82) is 0 Å². The molecule has 26 heavy (non-hydrogen) atoms. The molecule has 3 heterocycles. The number of piperazine rings is 1. The maximum absolute atomic E-state index is 13.1. The first-order chi connectivity index (χ1) is 12.6. The lowest BCUT2D eigenvalue weighted by Crippen LogP contribution is -2.56. The molecular formula is C20H21FN4O. The van der Waals surface area contributed by atoms with Gasteiger partial charge in [0.25, 0.3) is 0 Å². The van der Waals surface area contributed by atoms with E-state index >= 15 is 0 Å². The van der Waals surface area contributed by atoms with E-state index in [4.69, 9.17) is 11.2 Å². The van der Waals surface area contributed by atoms with Crippen molar-refractivity contribution in [3.63, 3.8) is 0 Å². The summed E-state index contributed by atoms with van der Waals surface area (Å²) in [5.74, 6) is 3.63. The Hall–Kier alpha value is -2.65. The molecule has 0 radical (unpaired) electrons. The first-order valence-electron chi connectivity index (χ1n) is 8.85. The van der Waals surface area contributed by atoms with E-state index in [9.17, 15) is 4.39 Å². The van der Waals surface area contributed by atoms with Crippen molar-refractivity contribution in [3.8, 4) is 18.1 Å². The van der Waals surface area contributed by atoms with Crippen molar-refractivity contribution in [2.45, 2.75) is 31.5 Å². The van der Waals surface area contributed by atoms with Crippen LogP contribution < -0.4 is 9.64 Å². The summed E-state index contributed by atoms with van der Waals surface area (Å²) in [4.78, 5) is 12.9. The second-order valence-corrected chi connectivity index (χ2v) is 6.85. The molecule has 5 nitrogen and oxygen atoms in total. The van der Waals surface area contributed by atoms with Crippen LogP contribution in [0.5, 0.6) is 5.75 Å². The average molecular weight is 352 g/mol. The highest BCUT2D eigenvalue weighted by Crippen LogP contribution is 2.31. The highest BCUT2D eigenvalue weighted by Gasteiger charge is 2.42. The fourth-order valence-electron chi connectivity index (χ4n) is 3.97. The molecule has 0 spiro atoms. The van der Waals surface area contributed by atoms with Gasteiger partial charge in [-0.05, 0) is 25.1 Å². The zero-order valence-electron chi connectivity index (χ0n) is 14.7. The van der Waals surface area contributed by atoms with E-state index in [1.807, 2.05) is 24.3 Å². The number of ether oxygens (including phenoxy) is 1. The number of aromatic nitrogens is 2. The Labute approximate surface area is 152 Å². The van der Waals surface area contributed by atoms with Crippen LogP contribution in [0.2, 0.25) is 0 Å². The quantitative estimate of drug-likeness (QED) is 0.793. The SMILES string of the molecule is C#Cc1cccc(O[C@H]2C[C@H]3C(C)N(c4ncc(F)cn4)CCN3C2)c1. The summed E-state index contributed by atoms with van der Waals surface area (Å²) < 4.78 is 19.3. The zero-order chi connectivity index (χ0) is 18.1. The number of halogens is 1. The van der Waals surface area contributed by atoms with Crippen LogP contribution in [-0.2, 0) is 0 Å². The summed E-state index contributed by atoms with van der Waals surface area (Å²) >= 11 is 0. The van der Waals surface area contributed by atoms with E-state index in [0.29, 0.717) is 12.0 Å². The molecule has 1 unspecified atom stereocenters. The van der Waals surface area contributed by atoms with Crippen LogP contribution in [-0.4, -0.2) is 52.7 Å². The number of anilines is 1. The maximum Gasteiger partial charge on any atom is 0.225 e. The van der Waals surface area contributed by atoms with E-state index in [1.165, 1.54) is 12.4 Å². The number of hydrogen-bond donors (Lipinski definition) is 0. The topological polar surface area (TPSA) is 41.5 Å². The highest BCUT2D eigenvalue weighted by atomic mass is 19.1. The minimum Gasteiger partial charge on any atom is -0.489 e. The molecule has 6 heteroatoms. The van der Waals surface area contributed by atoms with Gasteiger partial charge in [-0.2, -0.15) is 0 Å².